The van der Waals surface area contributed by atoms with E-state index in [1.54, 1.807) is 0 Å². The summed E-state index contributed by atoms with van der Waals surface area (Å²) in [6, 6.07) is 28.6. The van der Waals surface area contributed by atoms with Crippen LogP contribution in [0.2, 0.25) is 0 Å². The molecule has 2 heterocycles. The third kappa shape index (κ3) is 4.74. The minimum Gasteiger partial charge on any atom is -0.330 e. The first-order valence-corrected chi connectivity index (χ1v) is 12.5. The summed E-state index contributed by atoms with van der Waals surface area (Å²) in [5, 5.41) is 0. The number of hydrogen-bond donors (Lipinski definition) is 0. The van der Waals surface area contributed by atoms with Gasteiger partial charge in [0.05, 0.1) is 0 Å². The third-order valence-electron chi connectivity index (χ3n) is 7.39. The van der Waals surface area contributed by atoms with E-state index in [1.165, 1.54) is 28.7 Å². The molecule has 2 unspecified atom stereocenters. The molecule has 0 saturated carbocycles. The highest BCUT2D eigenvalue weighted by Gasteiger charge is 2.36. The number of aryl methyl sites for hydroxylation is 1. The fraction of sp³-hybridized carbons (Fsp3) is 0.367. The lowest BCUT2D eigenvalue weighted by Gasteiger charge is -2.25. The normalized spacial score (nSPS) is 19.1. The molecule has 0 aliphatic carbocycles. The number of benzene rings is 3. The van der Waals surface area contributed by atoms with E-state index in [2.05, 4.69) is 77.4 Å². The molecule has 2 aliphatic rings. The van der Waals surface area contributed by atoms with Gasteiger partial charge >= 0.3 is 0 Å². The summed E-state index contributed by atoms with van der Waals surface area (Å²) < 4.78 is 0. The van der Waals surface area contributed by atoms with Crippen LogP contribution >= 0.6 is 0 Å². The van der Waals surface area contributed by atoms with Gasteiger partial charge in [0.15, 0.2) is 0 Å². The Bertz CT molecular complexity index is 1080. The van der Waals surface area contributed by atoms with Crippen LogP contribution in [-0.2, 0) is 13.0 Å². The van der Waals surface area contributed by atoms with Gasteiger partial charge in [-0.1, -0.05) is 86.1 Å². The van der Waals surface area contributed by atoms with E-state index < -0.39 is 0 Å². The van der Waals surface area contributed by atoms with Crippen LogP contribution in [0.1, 0.15) is 64.7 Å². The number of amides is 1. The van der Waals surface area contributed by atoms with Crippen molar-refractivity contribution in [3.05, 3.63) is 107 Å². The van der Waals surface area contributed by atoms with Crippen molar-refractivity contribution in [2.75, 3.05) is 19.6 Å². The highest BCUT2D eigenvalue weighted by atomic mass is 16.2. The molecule has 0 radical (unpaired) electrons. The number of carbonyl (C=O) groups excluding carboxylic acids is 1. The summed E-state index contributed by atoms with van der Waals surface area (Å²) in [4.78, 5) is 17.6. The Labute approximate surface area is 198 Å². The maximum atomic E-state index is 12.9. The maximum Gasteiger partial charge on any atom is 0.254 e. The molecular formula is C30H34N2O. The molecule has 5 rings (SSSR count). The van der Waals surface area contributed by atoms with Gasteiger partial charge in [0, 0.05) is 37.2 Å². The first-order valence-electron chi connectivity index (χ1n) is 12.5. The van der Waals surface area contributed by atoms with E-state index in [0.29, 0.717) is 12.0 Å². The van der Waals surface area contributed by atoms with Crippen LogP contribution in [0, 0.1) is 0 Å². The van der Waals surface area contributed by atoms with Gasteiger partial charge < -0.3 is 9.80 Å². The number of nitrogens with zero attached hydrogens (tertiary/aromatic N) is 2. The summed E-state index contributed by atoms with van der Waals surface area (Å²) in [5.74, 6) is 0.616. The third-order valence-corrected chi connectivity index (χ3v) is 7.39. The van der Waals surface area contributed by atoms with Crippen LogP contribution in [0.3, 0.4) is 0 Å². The molecular weight excluding hydrogens is 404 g/mol. The maximum absolute atomic E-state index is 12.9. The quantitative estimate of drug-likeness (QED) is 0.438. The van der Waals surface area contributed by atoms with Crippen LogP contribution in [0.15, 0.2) is 78.9 Å². The fourth-order valence-corrected chi connectivity index (χ4v) is 5.57. The second-order valence-electron chi connectivity index (χ2n) is 9.58. The zero-order valence-electron chi connectivity index (χ0n) is 19.6. The average Bonchev–Trinajstić information content (AvgIpc) is 3.46. The number of hydrogen-bond acceptors (Lipinski definition) is 2. The van der Waals surface area contributed by atoms with Gasteiger partial charge in [-0.25, -0.2) is 0 Å². The Morgan fingerprint density at radius 2 is 1.64 bits per heavy atom. The van der Waals surface area contributed by atoms with Gasteiger partial charge in [-0.15, -0.1) is 0 Å². The first kappa shape index (κ1) is 21.9. The van der Waals surface area contributed by atoms with Crippen LogP contribution in [0.4, 0.5) is 0 Å². The highest BCUT2D eigenvalue weighted by molar-refractivity contribution is 5.98. The van der Waals surface area contributed by atoms with Crippen LogP contribution in [0.25, 0.3) is 0 Å². The van der Waals surface area contributed by atoms with Gasteiger partial charge in [0.2, 0.25) is 0 Å². The monoisotopic (exact) mass is 438 g/mol. The Hall–Kier alpha value is -2.91. The lowest BCUT2D eigenvalue weighted by molar-refractivity contribution is 0.0707. The van der Waals surface area contributed by atoms with Gasteiger partial charge in [0.25, 0.3) is 5.91 Å². The second-order valence-corrected chi connectivity index (χ2v) is 9.58. The number of likely N-dealkylation sites (tertiary alicyclic amines) is 1. The SMILES string of the molecule is CCCc1ccc(C(CCN2CCC(N3Cc4ccccc4C3=O)C2)c2ccccc2)cc1. The van der Waals surface area contributed by atoms with Crippen molar-refractivity contribution < 1.29 is 4.79 Å². The van der Waals surface area contributed by atoms with E-state index in [9.17, 15) is 4.79 Å². The molecule has 170 valence electrons. The summed E-state index contributed by atoms with van der Waals surface area (Å²) in [5.41, 5.74) is 6.29. The van der Waals surface area contributed by atoms with Crippen molar-refractivity contribution in [3.63, 3.8) is 0 Å². The molecule has 1 amide bonds. The molecule has 3 aromatic rings. The van der Waals surface area contributed by atoms with E-state index in [4.69, 9.17) is 0 Å². The summed E-state index contributed by atoms with van der Waals surface area (Å²) in [7, 11) is 0. The summed E-state index contributed by atoms with van der Waals surface area (Å²) >= 11 is 0. The topological polar surface area (TPSA) is 23.6 Å². The van der Waals surface area contributed by atoms with Crippen molar-refractivity contribution in [2.24, 2.45) is 0 Å². The Morgan fingerprint density at radius 1 is 0.909 bits per heavy atom. The molecule has 0 spiro atoms. The predicted molar refractivity (Wildman–Crippen MR) is 134 cm³/mol. The smallest absolute Gasteiger partial charge is 0.254 e. The Kier molecular flexibility index (Phi) is 6.59. The molecule has 0 N–H and O–H groups in total. The van der Waals surface area contributed by atoms with Gasteiger partial charge in [-0.3, -0.25) is 4.79 Å². The molecule has 3 heteroatoms. The lowest BCUT2D eigenvalue weighted by Crippen LogP contribution is -2.38. The van der Waals surface area contributed by atoms with Crippen molar-refractivity contribution >= 4 is 5.91 Å². The Balaban J connectivity index is 1.24. The summed E-state index contributed by atoms with van der Waals surface area (Å²) in [6.45, 7) is 6.11. The van der Waals surface area contributed by atoms with Crippen molar-refractivity contribution in [2.45, 2.75) is 51.1 Å². The van der Waals surface area contributed by atoms with Crippen molar-refractivity contribution in [1.29, 1.82) is 0 Å². The van der Waals surface area contributed by atoms with E-state index in [0.717, 1.165) is 51.0 Å². The van der Waals surface area contributed by atoms with Crippen LogP contribution in [0.5, 0.6) is 0 Å². The highest BCUT2D eigenvalue weighted by Crippen LogP contribution is 2.31. The lowest BCUT2D eigenvalue weighted by atomic mass is 9.87. The molecule has 1 saturated heterocycles. The van der Waals surface area contributed by atoms with Crippen molar-refractivity contribution in [1.82, 2.24) is 9.80 Å². The average molecular weight is 439 g/mol. The Morgan fingerprint density at radius 3 is 2.39 bits per heavy atom. The molecule has 3 nitrogen and oxygen atoms in total. The predicted octanol–water partition coefficient (Wildman–Crippen LogP) is 5.89. The molecule has 2 aliphatic heterocycles. The summed E-state index contributed by atoms with van der Waals surface area (Å²) in [6.07, 6.45) is 4.49. The van der Waals surface area contributed by atoms with E-state index in [-0.39, 0.29) is 5.91 Å². The second kappa shape index (κ2) is 9.93. The fourth-order valence-electron chi connectivity index (χ4n) is 5.57. The molecule has 2 atom stereocenters. The zero-order valence-corrected chi connectivity index (χ0v) is 19.6. The minimum atomic E-state index is 0.215. The standard InChI is InChI=1S/C30H34N2O/c1-2-8-23-13-15-25(16-14-23)28(24-9-4-3-5-10-24)18-20-31-19-17-27(22-31)32-21-26-11-6-7-12-29(26)30(32)33/h3-7,9-16,27-28H,2,8,17-22H2,1H3. The largest absolute Gasteiger partial charge is 0.330 e. The van der Waals surface area contributed by atoms with Gasteiger partial charge in [-0.05, 0) is 54.1 Å². The molecule has 1 fully saturated rings. The number of rotatable bonds is 8. The minimum absolute atomic E-state index is 0.215. The van der Waals surface area contributed by atoms with Crippen LogP contribution in [-0.4, -0.2) is 41.4 Å². The molecule has 3 aromatic carbocycles. The molecule has 33 heavy (non-hydrogen) atoms. The first-order chi connectivity index (χ1) is 16.2. The van der Waals surface area contributed by atoms with Gasteiger partial charge in [-0.2, -0.15) is 0 Å². The number of fused-ring (bicyclic) bond motifs is 1. The number of carbonyl (C=O) groups is 1. The van der Waals surface area contributed by atoms with E-state index >= 15 is 0 Å². The van der Waals surface area contributed by atoms with Gasteiger partial charge in [0.1, 0.15) is 0 Å². The molecule has 0 aromatic heterocycles. The van der Waals surface area contributed by atoms with Crippen molar-refractivity contribution in [3.8, 4) is 0 Å². The zero-order chi connectivity index (χ0) is 22.6. The van der Waals surface area contributed by atoms with Crippen LogP contribution < -0.4 is 0 Å². The molecule has 0 bridgehead atoms. The van der Waals surface area contributed by atoms with E-state index in [1.807, 2.05) is 18.2 Å².